The number of imide groups is 1. The number of hydrogen-bond donors (Lipinski definition) is 2. The van der Waals surface area contributed by atoms with Crippen molar-refractivity contribution in [2.24, 2.45) is 13.0 Å². The van der Waals surface area contributed by atoms with Gasteiger partial charge in [0.1, 0.15) is 0 Å². The van der Waals surface area contributed by atoms with Gasteiger partial charge in [0.25, 0.3) is 0 Å². The number of fused-ring (bicyclic) bond motifs is 1. The first-order valence-electron chi connectivity index (χ1n) is 19.5. The molecule has 2 aromatic heterocycles. The number of likely N-dealkylation sites (tertiary alicyclic amines) is 1. The minimum absolute atomic E-state index is 0.115. The highest BCUT2D eigenvalue weighted by molar-refractivity contribution is 7.89. The molecule has 4 saturated heterocycles. The van der Waals surface area contributed by atoms with Crippen LogP contribution in [0.25, 0.3) is 17.0 Å². The number of benzene rings is 2. The molecular weight excluding hydrogens is 717 g/mol. The molecule has 4 fully saturated rings. The lowest BCUT2D eigenvalue weighted by molar-refractivity contribution is -0.120. The molecule has 4 aliphatic heterocycles. The van der Waals surface area contributed by atoms with E-state index in [0.717, 1.165) is 80.6 Å². The molecule has 0 atom stereocenters. The van der Waals surface area contributed by atoms with Gasteiger partial charge in [0, 0.05) is 87.8 Å². The number of carbonyl (C=O) groups is 2. The van der Waals surface area contributed by atoms with Crippen LogP contribution >= 0.6 is 0 Å². The lowest BCUT2D eigenvalue weighted by Gasteiger charge is -2.38. The summed E-state index contributed by atoms with van der Waals surface area (Å²) < 4.78 is 30.9. The van der Waals surface area contributed by atoms with Crippen molar-refractivity contribution in [2.45, 2.75) is 61.8 Å². The molecule has 3 amide bonds. The molecule has 0 radical (unpaired) electrons. The first-order valence-corrected chi connectivity index (χ1v) is 20.9. The summed E-state index contributed by atoms with van der Waals surface area (Å²) in [5.41, 5.74) is 4.13. The lowest BCUT2D eigenvalue weighted by Crippen LogP contribution is -2.49. The third-order valence-electron chi connectivity index (χ3n) is 11.9. The summed E-state index contributed by atoms with van der Waals surface area (Å²) in [6.45, 7) is 10.0. The summed E-state index contributed by atoms with van der Waals surface area (Å²) in [5, 5.41) is 11.3. The first kappa shape index (κ1) is 37.1. The molecule has 4 aromatic rings. The Hall–Kier alpha value is -4.86. The second-order valence-corrected chi connectivity index (χ2v) is 17.3. The molecule has 0 aliphatic carbocycles. The number of carbonyl (C=O) groups excluding carboxylic acids is 2. The van der Waals surface area contributed by atoms with Gasteiger partial charge in [0.05, 0.1) is 10.4 Å². The highest BCUT2D eigenvalue weighted by Crippen LogP contribution is 2.35. The molecule has 0 spiro atoms. The lowest BCUT2D eigenvalue weighted by atomic mass is 9.88. The zero-order valence-electron chi connectivity index (χ0n) is 31.4. The van der Waals surface area contributed by atoms with Crippen molar-refractivity contribution in [2.75, 3.05) is 67.5 Å². The van der Waals surface area contributed by atoms with Gasteiger partial charge in [-0.3, -0.25) is 19.7 Å². The number of urea groups is 1. The van der Waals surface area contributed by atoms with Crippen molar-refractivity contribution < 1.29 is 18.0 Å². The van der Waals surface area contributed by atoms with Gasteiger partial charge in [-0.05, 0) is 99.3 Å². The van der Waals surface area contributed by atoms with E-state index in [2.05, 4.69) is 60.3 Å². The number of amides is 3. The number of nitrogens with one attached hydrogen (secondary N) is 2. The van der Waals surface area contributed by atoms with E-state index in [-0.39, 0.29) is 18.4 Å². The van der Waals surface area contributed by atoms with E-state index < -0.39 is 16.1 Å². The van der Waals surface area contributed by atoms with Crippen molar-refractivity contribution in [3.63, 3.8) is 0 Å². The zero-order chi connectivity index (χ0) is 38.1. The van der Waals surface area contributed by atoms with Gasteiger partial charge < -0.3 is 15.1 Å². The molecule has 0 bridgehead atoms. The molecule has 0 unspecified atom stereocenters. The molecule has 6 heterocycles. The van der Waals surface area contributed by atoms with Gasteiger partial charge in [0.2, 0.25) is 21.9 Å². The van der Waals surface area contributed by atoms with Crippen LogP contribution in [0.2, 0.25) is 0 Å². The predicted octanol–water partition coefficient (Wildman–Crippen LogP) is 4.81. The van der Waals surface area contributed by atoms with Crippen LogP contribution in [0.4, 0.5) is 22.2 Å². The highest BCUT2D eigenvalue weighted by Gasteiger charge is 2.32. The molecule has 55 heavy (non-hydrogen) atoms. The Balaban J connectivity index is 0.805. The van der Waals surface area contributed by atoms with Crippen LogP contribution in [-0.2, 0) is 21.9 Å². The van der Waals surface area contributed by atoms with E-state index in [4.69, 9.17) is 0 Å². The number of aromatic nitrogens is 4. The van der Waals surface area contributed by atoms with Gasteiger partial charge in [-0.15, -0.1) is 0 Å². The summed E-state index contributed by atoms with van der Waals surface area (Å²) in [6.07, 6.45) is 11.1. The van der Waals surface area contributed by atoms with E-state index in [0.29, 0.717) is 61.0 Å². The fourth-order valence-corrected chi connectivity index (χ4v) is 10.1. The highest BCUT2D eigenvalue weighted by atomic mass is 32.2. The monoisotopic (exact) mass is 766 g/mol. The maximum Gasteiger partial charge on any atom is 0.329 e. The van der Waals surface area contributed by atoms with Crippen molar-refractivity contribution in [3.05, 3.63) is 72.6 Å². The molecule has 2 aromatic carbocycles. The summed E-state index contributed by atoms with van der Waals surface area (Å²) in [7, 11) is -1.70. The number of sulfonamides is 1. The summed E-state index contributed by atoms with van der Waals surface area (Å²) >= 11 is 0. The largest absolute Gasteiger partial charge is 0.371 e. The van der Waals surface area contributed by atoms with Crippen LogP contribution in [0.1, 0.15) is 62.0 Å². The Morgan fingerprint density at radius 1 is 0.909 bits per heavy atom. The maximum atomic E-state index is 13.7. The maximum absolute atomic E-state index is 13.7. The normalized spacial score (nSPS) is 20.2. The average Bonchev–Trinajstić information content (AvgIpc) is 3.54. The third-order valence-corrected chi connectivity index (χ3v) is 13.8. The molecule has 0 saturated carbocycles. The SMILES string of the molecule is C=Cc1cnc(NC2CCN(S(=O)(=O)c3cccc(N4CCC(CN5CCC(c6ccc7c(N8CCC(=O)NC8=O)nn(C)c7c6)CC5)CC4)c3)CC2)nc1. The summed E-state index contributed by atoms with van der Waals surface area (Å²) in [4.78, 5) is 39.7. The Morgan fingerprint density at radius 2 is 1.65 bits per heavy atom. The van der Waals surface area contributed by atoms with Crippen LogP contribution < -0.4 is 20.4 Å². The summed E-state index contributed by atoms with van der Waals surface area (Å²) in [5.74, 6) is 1.98. The Kier molecular flexibility index (Phi) is 10.6. The van der Waals surface area contributed by atoms with E-state index in [9.17, 15) is 18.0 Å². The van der Waals surface area contributed by atoms with E-state index in [1.807, 2.05) is 29.9 Å². The van der Waals surface area contributed by atoms with Crippen molar-refractivity contribution in [3.8, 4) is 0 Å². The van der Waals surface area contributed by atoms with Crippen LogP contribution in [0.3, 0.4) is 0 Å². The first-order chi connectivity index (χ1) is 26.6. The molecule has 290 valence electrons. The van der Waals surface area contributed by atoms with Crippen molar-refractivity contribution in [1.29, 1.82) is 0 Å². The average molecular weight is 767 g/mol. The quantitative estimate of drug-likeness (QED) is 0.230. The molecule has 2 N–H and O–H groups in total. The second kappa shape index (κ2) is 15.7. The Labute approximate surface area is 322 Å². The smallest absolute Gasteiger partial charge is 0.329 e. The number of nitrogens with zero attached hydrogens (tertiary/aromatic N) is 8. The van der Waals surface area contributed by atoms with Crippen LogP contribution in [0.5, 0.6) is 0 Å². The predicted molar refractivity (Wildman–Crippen MR) is 214 cm³/mol. The van der Waals surface area contributed by atoms with E-state index in [1.165, 1.54) is 5.56 Å². The third kappa shape index (κ3) is 7.96. The van der Waals surface area contributed by atoms with Crippen LogP contribution in [0, 0.1) is 5.92 Å². The fourth-order valence-electron chi connectivity index (χ4n) is 8.59. The number of aryl methyl sites for hydroxylation is 1. The van der Waals surface area contributed by atoms with Crippen LogP contribution in [-0.4, -0.2) is 108 Å². The molecule has 8 rings (SSSR count). The Bertz CT molecular complexity index is 2150. The van der Waals surface area contributed by atoms with E-state index in [1.54, 1.807) is 33.7 Å². The number of anilines is 3. The standard InChI is InChI=1S/C40H50N10O4S/c1-3-28-25-41-39(42-26-28)43-32-13-20-49(21-14-32)55(53,54)34-6-4-5-33(24-34)48-18-9-29(10-19-48)27-47-16-11-30(12-17-47)31-7-8-35-36(23-31)46(2)45-38(35)50-22-15-37(51)44-40(50)52/h3-8,23-26,29-30,32H,1,9-22,27H2,2H3,(H,41,42,43)(H,44,51,52). The minimum Gasteiger partial charge on any atom is -0.371 e. The number of rotatable bonds is 10. The topological polar surface area (TPSA) is 149 Å². The fraction of sp³-hybridized carbons (Fsp3) is 0.475. The molecule has 15 heteroatoms. The Morgan fingerprint density at radius 3 is 2.36 bits per heavy atom. The summed E-state index contributed by atoms with van der Waals surface area (Å²) in [6, 6.07) is 13.7. The van der Waals surface area contributed by atoms with Gasteiger partial charge >= 0.3 is 6.03 Å². The number of hydrogen-bond acceptors (Lipinski definition) is 10. The van der Waals surface area contributed by atoms with E-state index >= 15 is 0 Å². The van der Waals surface area contributed by atoms with Gasteiger partial charge in [-0.2, -0.15) is 9.40 Å². The number of piperidine rings is 3. The van der Waals surface area contributed by atoms with Crippen molar-refractivity contribution in [1.82, 2.24) is 34.3 Å². The second-order valence-electron chi connectivity index (χ2n) is 15.3. The molecule has 4 aliphatic rings. The van der Waals surface area contributed by atoms with Crippen molar-refractivity contribution >= 4 is 56.4 Å². The van der Waals surface area contributed by atoms with Gasteiger partial charge in [0.15, 0.2) is 5.82 Å². The van der Waals surface area contributed by atoms with Crippen LogP contribution in [0.15, 0.2) is 66.3 Å². The molecular formula is C40H50N10O4S. The van der Waals surface area contributed by atoms with Gasteiger partial charge in [-0.1, -0.05) is 24.8 Å². The zero-order valence-corrected chi connectivity index (χ0v) is 32.3. The minimum atomic E-state index is -3.60. The molecule has 14 nitrogen and oxygen atoms in total. The van der Waals surface area contributed by atoms with Gasteiger partial charge in [-0.25, -0.2) is 23.2 Å².